The predicted octanol–water partition coefficient (Wildman–Crippen LogP) is 5.01. The molecule has 1 aliphatic rings. The van der Waals surface area contributed by atoms with E-state index in [1.54, 1.807) is 0 Å². The second-order valence-corrected chi connectivity index (χ2v) is 10.2. The number of hydrogen-bond donors (Lipinski definition) is 2. The van der Waals surface area contributed by atoms with Gasteiger partial charge >= 0.3 is 5.97 Å². The lowest BCUT2D eigenvalue weighted by Gasteiger charge is -2.31. The minimum Gasteiger partial charge on any atom is -0.481 e. The Balaban J connectivity index is 1.85. The van der Waals surface area contributed by atoms with Crippen molar-refractivity contribution in [2.75, 3.05) is 19.3 Å². The van der Waals surface area contributed by atoms with Gasteiger partial charge in [0.2, 0.25) is 0 Å². The highest BCUT2D eigenvalue weighted by atomic mass is 31.1. The molecule has 0 bridgehead atoms. The zero-order valence-corrected chi connectivity index (χ0v) is 18.9. The number of carboxylic acids is 1. The Labute approximate surface area is 176 Å². The number of hydrogen-bond acceptors (Lipinski definition) is 4. The van der Waals surface area contributed by atoms with Crippen LogP contribution in [0.15, 0.2) is 30.3 Å². The normalized spacial score (nSPS) is 18.4. The van der Waals surface area contributed by atoms with Gasteiger partial charge in [0.1, 0.15) is 0 Å². The topological polar surface area (TPSA) is 75.6 Å². The molecule has 0 saturated heterocycles. The van der Waals surface area contributed by atoms with E-state index < -0.39 is 19.9 Å². The van der Waals surface area contributed by atoms with Crippen molar-refractivity contribution >= 4 is 14.0 Å². The standard InChI is InChI=1S/C23H38NO4P/c1-18(2)15-21(23(25)26)17-29(27)28-16-22(20-11-7-4-8-12-20)24-14-13-19-9-5-3-6-10-19/h3,5-6,9-10,18,20-22,24,29H,4,7-8,11-17H2,1-2H3,(H,25,26). The maximum absolute atomic E-state index is 12.5. The van der Waals surface area contributed by atoms with Gasteiger partial charge in [-0.15, -0.1) is 0 Å². The monoisotopic (exact) mass is 423 g/mol. The fraction of sp³-hybridized carbons (Fsp3) is 0.696. The van der Waals surface area contributed by atoms with Gasteiger partial charge in [0.15, 0.2) is 8.03 Å². The molecule has 1 saturated carbocycles. The lowest BCUT2D eigenvalue weighted by atomic mass is 9.84. The molecular formula is C23H38NO4P. The molecule has 164 valence electrons. The Bertz CT molecular complexity index is 617. The van der Waals surface area contributed by atoms with Crippen molar-refractivity contribution < 1.29 is 19.0 Å². The fourth-order valence-corrected chi connectivity index (χ4v) is 5.46. The van der Waals surface area contributed by atoms with E-state index in [-0.39, 0.29) is 18.1 Å². The van der Waals surface area contributed by atoms with Crippen LogP contribution in [0.3, 0.4) is 0 Å². The Hall–Kier alpha value is -1.16. The summed E-state index contributed by atoms with van der Waals surface area (Å²) in [6.45, 7) is 5.25. The fourth-order valence-electron chi connectivity index (χ4n) is 4.23. The van der Waals surface area contributed by atoms with Crippen molar-refractivity contribution in [1.29, 1.82) is 0 Å². The smallest absolute Gasteiger partial charge is 0.307 e. The molecule has 6 heteroatoms. The van der Waals surface area contributed by atoms with Crippen LogP contribution in [-0.4, -0.2) is 36.4 Å². The first kappa shape index (κ1) is 24.1. The van der Waals surface area contributed by atoms with Crippen molar-refractivity contribution in [2.24, 2.45) is 17.8 Å². The van der Waals surface area contributed by atoms with E-state index in [1.165, 1.54) is 37.7 Å². The summed E-state index contributed by atoms with van der Waals surface area (Å²) < 4.78 is 18.2. The Morgan fingerprint density at radius 2 is 1.90 bits per heavy atom. The highest BCUT2D eigenvalue weighted by Crippen LogP contribution is 2.32. The second kappa shape index (κ2) is 13.2. The third-order valence-electron chi connectivity index (χ3n) is 5.82. The summed E-state index contributed by atoms with van der Waals surface area (Å²) in [6.07, 6.45) is 7.76. The van der Waals surface area contributed by atoms with Gasteiger partial charge in [-0.25, -0.2) is 0 Å². The Kier molecular flexibility index (Phi) is 11.0. The van der Waals surface area contributed by atoms with Gasteiger partial charge in [-0.3, -0.25) is 9.36 Å². The summed E-state index contributed by atoms with van der Waals surface area (Å²) in [4.78, 5) is 11.4. The maximum Gasteiger partial charge on any atom is 0.307 e. The van der Waals surface area contributed by atoms with E-state index in [0.29, 0.717) is 18.9 Å². The van der Waals surface area contributed by atoms with Crippen LogP contribution in [0.25, 0.3) is 0 Å². The van der Waals surface area contributed by atoms with Crippen LogP contribution in [0.1, 0.15) is 57.9 Å². The first-order valence-electron chi connectivity index (χ1n) is 11.1. The van der Waals surface area contributed by atoms with Crippen molar-refractivity contribution in [3.05, 3.63) is 35.9 Å². The zero-order chi connectivity index (χ0) is 21.1. The first-order chi connectivity index (χ1) is 14.0. The largest absolute Gasteiger partial charge is 0.481 e. The van der Waals surface area contributed by atoms with Crippen molar-refractivity contribution in [3.63, 3.8) is 0 Å². The van der Waals surface area contributed by atoms with Crippen LogP contribution in [0.4, 0.5) is 0 Å². The van der Waals surface area contributed by atoms with Gasteiger partial charge < -0.3 is 14.9 Å². The molecule has 0 aliphatic heterocycles. The molecule has 2 rings (SSSR count). The average Bonchev–Trinajstić information content (AvgIpc) is 2.71. The van der Waals surface area contributed by atoms with E-state index in [1.807, 2.05) is 19.9 Å². The lowest BCUT2D eigenvalue weighted by Crippen LogP contribution is -2.41. The number of rotatable bonds is 13. The molecule has 0 amide bonds. The summed E-state index contributed by atoms with van der Waals surface area (Å²) in [5, 5.41) is 13.0. The molecule has 0 spiro atoms. The van der Waals surface area contributed by atoms with Gasteiger partial charge in [-0.05, 0) is 49.6 Å². The van der Waals surface area contributed by atoms with Gasteiger partial charge in [0, 0.05) is 12.2 Å². The molecule has 3 unspecified atom stereocenters. The number of carboxylic acid groups (broad SMARTS) is 1. The molecule has 1 aromatic rings. The molecular weight excluding hydrogens is 385 g/mol. The van der Waals surface area contributed by atoms with Crippen molar-refractivity contribution in [3.8, 4) is 0 Å². The average molecular weight is 424 g/mol. The van der Waals surface area contributed by atoms with Crippen LogP contribution in [0.2, 0.25) is 0 Å². The van der Waals surface area contributed by atoms with Crippen LogP contribution >= 0.6 is 8.03 Å². The van der Waals surface area contributed by atoms with E-state index >= 15 is 0 Å². The highest BCUT2D eigenvalue weighted by molar-refractivity contribution is 7.39. The first-order valence-corrected chi connectivity index (χ1v) is 12.6. The molecule has 5 nitrogen and oxygen atoms in total. The van der Waals surface area contributed by atoms with E-state index in [2.05, 4.69) is 29.6 Å². The van der Waals surface area contributed by atoms with Gasteiger partial charge in [0.05, 0.1) is 12.5 Å². The minimum absolute atomic E-state index is 0.138. The number of nitrogens with one attached hydrogen (secondary N) is 1. The van der Waals surface area contributed by atoms with Crippen LogP contribution in [0.5, 0.6) is 0 Å². The van der Waals surface area contributed by atoms with Crippen LogP contribution < -0.4 is 5.32 Å². The third kappa shape index (κ3) is 9.46. The number of aliphatic carboxylic acids is 1. The second-order valence-electron chi connectivity index (χ2n) is 8.75. The van der Waals surface area contributed by atoms with Crippen LogP contribution in [0, 0.1) is 17.8 Å². The third-order valence-corrected chi connectivity index (χ3v) is 7.14. The van der Waals surface area contributed by atoms with E-state index in [9.17, 15) is 14.5 Å². The van der Waals surface area contributed by atoms with Gasteiger partial charge in [-0.1, -0.05) is 63.4 Å². The lowest BCUT2D eigenvalue weighted by molar-refractivity contribution is -0.141. The predicted molar refractivity (Wildman–Crippen MR) is 119 cm³/mol. The summed E-state index contributed by atoms with van der Waals surface area (Å²) in [7, 11) is -2.36. The molecule has 2 N–H and O–H groups in total. The van der Waals surface area contributed by atoms with E-state index in [4.69, 9.17) is 4.52 Å². The van der Waals surface area contributed by atoms with Crippen molar-refractivity contribution in [2.45, 2.75) is 64.8 Å². The molecule has 0 aromatic heterocycles. The Morgan fingerprint density at radius 3 is 2.52 bits per heavy atom. The quantitative estimate of drug-likeness (QED) is 0.437. The zero-order valence-electron chi connectivity index (χ0n) is 17.9. The summed E-state index contributed by atoms with van der Waals surface area (Å²) >= 11 is 0. The maximum atomic E-state index is 12.5. The molecule has 0 radical (unpaired) electrons. The molecule has 0 heterocycles. The van der Waals surface area contributed by atoms with Gasteiger partial charge in [-0.2, -0.15) is 0 Å². The molecule has 1 aliphatic carbocycles. The number of benzene rings is 1. The number of carbonyl (C=O) groups is 1. The van der Waals surface area contributed by atoms with Crippen LogP contribution in [-0.2, 0) is 20.3 Å². The molecule has 1 fully saturated rings. The minimum atomic E-state index is -2.36. The highest BCUT2D eigenvalue weighted by Gasteiger charge is 2.26. The summed E-state index contributed by atoms with van der Waals surface area (Å²) in [5.41, 5.74) is 1.30. The molecule has 1 aromatic carbocycles. The Morgan fingerprint density at radius 1 is 1.21 bits per heavy atom. The summed E-state index contributed by atoms with van der Waals surface area (Å²) in [6, 6.07) is 10.6. The van der Waals surface area contributed by atoms with E-state index in [0.717, 1.165) is 13.0 Å². The van der Waals surface area contributed by atoms with Crippen molar-refractivity contribution in [1.82, 2.24) is 5.32 Å². The summed E-state index contributed by atoms with van der Waals surface area (Å²) in [5.74, 6) is -0.646. The SMILES string of the molecule is CC(C)CC(C[PH](=O)OCC(NCCc1ccccc1)C1CCCCC1)C(=O)O. The molecule has 3 atom stereocenters. The van der Waals surface area contributed by atoms with Gasteiger partial charge in [0.25, 0.3) is 0 Å². The molecule has 29 heavy (non-hydrogen) atoms.